The summed E-state index contributed by atoms with van der Waals surface area (Å²) in [5.41, 5.74) is 4.86. The molecule has 2 aromatic rings. The Labute approximate surface area is 229 Å². The predicted molar refractivity (Wildman–Crippen MR) is 145 cm³/mol. The molecular formula is C27H43N5O7. The minimum atomic E-state index is -1.54. The minimum Gasteiger partial charge on any atom is -0.443 e. The van der Waals surface area contributed by atoms with Gasteiger partial charge < -0.3 is 45.4 Å². The number of ether oxygens (including phenoxy) is 2. The Morgan fingerprint density at radius 2 is 1.87 bits per heavy atom. The molecule has 39 heavy (non-hydrogen) atoms. The molecule has 2 amide bonds. The van der Waals surface area contributed by atoms with Gasteiger partial charge in [0.1, 0.15) is 24.4 Å². The van der Waals surface area contributed by atoms with E-state index in [-0.39, 0.29) is 17.8 Å². The molecule has 12 nitrogen and oxygen atoms in total. The van der Waals surface area contributed by atoms with Crippen LogP contribution >= 0.6 is 0 Å². The minimum absolute atomic E-state index is 0.106. The lowest BCUT2D eigenvalue weighted by Gasteiger charge is -2.39. The maximum absolute atomic E-state index is 11.9. The first-order chi connectivity index (χ1) is 18.5. The molecule has 0 radical (unpaired) electrons. The van der Waals surface area contributed by atoms with Crippen LogP contribution in [0.1, 0.15) is 47.7 Å². The van der Waals surface area contributed by atoms with E-state index in [2.05, 4.69) is 26.9 Å². The van der Waals surface area contributed by atoms with E-state index in [9.17, 15) is 25.2 Å². The van der Waals surface area contributed by atoms with Gasteiger partial charge in [-0.05, 0) is 50.0 Å². The maximum Gasteiger partial charge on any atom is 0.314 e. The van der Waals surface area contributed by atoms with Crippen LogP contribution in [0.2, 0.25) is 0 Å². The molecule has 2 heterocycles. The second-order valence-electron chi connectivity index (χ2n) is 10.6. The van der Waals surface area contributed by atoms with E-state index in [1.807, 2.05) is 51.9 Å². The Morgan fingerprint density at radius 1 is 1.15 bits per heavy atom. The van der Waals surface area contributed by atoms with Crippen molar-refractivity contribution in [1.29, 1.82) is 0 Å². The number of urea groups is 1. The van der Waals surface area contributed by atoms with Gasteiger partial charge in [-0.2, -0.15) is 0 Å². The second-order valence-corrected chi connectivity index (χ2v) is 10.6. The number of hydrogen-bond donors (Lipinski definition) is 7. The summed E-state index contributed by atoms with van der Waals surface area (Å²) in [5, 5.41) is 53.1. The highest BCUT2D eigenvalue weighted by Gasteiger charge is 2.45. The van der Waals surface area contributed by atoms with E-state index < -0.39 is 37.3 Å². The Kier molecular flexibility index (Phi) is 11.1. The molecule has 0 bridgehead atoms. The van der Waals surface area contributed by atoms with Gasteiger partial charge in [0.25, 0.3) is 0 Å². The van der Waals surface area contributed by atoms with Crippen LogP contribution in [0.15, 0.2) is 18.2 Å². The monoisotopic (exact) mass is 549 g/mol. The second kappa shape index (κ2) is 14.1. The summed E-state index contributed by atoms with van der Waals surface area (Å²) in [7, 11) is 3.91. The third-order valence-electron chi connectivity index (χ3n) is 6.83. The van der Waals surface area contributed by atoms with E-state index in [0.717, 1.165) is 34.5 Å². The number of H-pyrrole nitrogens is 1. The van der Waals surface area contributed by atoms with Crippen molar-refractivity contribution in [1.82, 2.24) is 25.7 Å². The summed E-state index contributed by atoms with van der Waals surface area (Å²) in [6.07, 6.45) is -5.75. The van der Waals surface area contributed by atoms with E-state index in [1.54, 1.807) is 0 Å². The van der Waals surface area contributed by atoms with Gasteiger partial charge in [0.05, 0.1) is 6.61 Å². The predicted octanol–water partition coefficient (Wildman–Crippen LogP) is 0.0143. The number of likely N-dealkylation sites (N-methyl/N-ethyl adjacent to an activating group) is 1. The van der Waals surface area contributed by atoms with Crippen molar-refractivity contribution in [2.24, 2.45) is 0 Å². The number of benzene rings is 1. The first-order valence-corrected chi connectivity index (χ1v) is 13.3. The van der Waals surface area contributed by atoms with Gasteiger partial charge in [-0.25, -0.2) is 4.79 Å². The molecule has 12 heteroatoms. The smallest absolute Gasteiger partial charge is 0.314 e. The van der Waals surface area contributed by atoms with E-state index in [4.69, 9.17) is 9.47 Å². The first kappa shape index (κ1) is 30.8. The van der Waals surface area contributed by atoms with Crippen molar-refractivity contribution >= 4 is 6.03 Å². The molecule has 218 valence electrons. The zero-order valence-corrected chi connectivity index (χ0v) is 23.3. The third-order valence-corrected chi connectivity index (χ3v) is 6.83. The average molecular weight is 550 g/mol. The summed E-state index contributed by atoms with van der Waals surface area (Å²) in [6.45, 7) is 7.40. The van der Waals surface area contributed by atoms with Crippen LogP contribution < -0.4 is 15.4 Å². The fourth-order valence-corrected chi connectivity index (χ4v) is 4.46. The molecule has 1 aromatic heterocycles. The summed E-state index contributed by atoms with van der Waals surface area (Å²) < 4.78 is 11.4. The fourth-order valence-electron chi connectivity index (χ4n) is 4.46. The first-order valence-electron chi connectivity index (χ1n) is 13.3. The van der Waals surface area contributed by atoms with E-state index in [0.29, 0.717) is 25.9 Å². The summed E-state index contributed by atoms with van der Waals surface area (Å²) in [5.74, 6) is 0.324. The number of nitrogens with one attached hydrogen (secondary N) is 3. The molecule has 3 rings (SSSR count). The highest BCUT2D eigenvalue weighted by atomic mass is 16.7. The van der Waals surface area contributed by atoms with E-state index in [1.165, 1.54) is 0 Å². The van der Waals surface area contributed by atoms with Gasteiger partial charge in [0, 0.05) is 37.3 Å². The zero-order valence-electron chi connectivity index (χ0n) is 23.3. The number of aryl methyl sites for hydroxylation is 1. The van der Waals surface area contributed by atoms with Gasteiger partial charge in [-0.1, -0.05) is 32.0 Å². The number of amides is 2. The summed E-state index contributed by atoms with van der Waals surface area (Å²) in [4.78, 5) is 13.9. The van der Waals surface area contributed by atoms with Gasteiger partial charge in [-0.15, -0.1) is 5.10 Å². The van der Waals surface area contributed by atoms with Gasteiger partial charge >= 0.3 is 6.03 Å². The molecule has 0 aliphatic carbocycles. The molecule has 0 spiro atoms. The SMILES string of the molecule is Cc1cc(CCNC(=O)NCCN(C)C)ccc1Cc1c(O[C@@H]2O[C@H](CO)[C@@H](O)[C@H](O)[C@H]2O)n[nH]c1C(C)C. The topological polar surface area (TPSA) is 172 Å². The highest BCUT2D eigenvalue weighted by Crippen LogP contribution is 2.31. The molecule has 7 N–H and O–H groups in total. The maximum atomic E-state index is 11.9. The molecular weight excluding hydrogens is 506 g/mol. The van der Waals surface area contributed by atoms with Gasteiger partial charge in [0.15, 0.2) is 0 Å². The molecule has 1 aliphatic heterocycles. The fraction of sp³-hybridized carbons (Fsp3) is 0.630. The van der Waals surface area contributed by atoms with Crippen molar-refractivity contribution in [2.75, 3.05) is 40.3 Å². The van der Waals surface area contributed by atoms with Crippen molar-refractivity contribution in [3.05, 3.63) is 46.1 Å². The van der Waals surface area contributed by atoms with Crippen LogP contribution in [0.25, 0.3) is 0 Å². The van der Waals surface area contributed by atoms with Crippen molar-refractivity contribution < 1.29 is 34.7 Å². The largest absolute Gasteiger partial charge is 0.443 e. The Morgan fingerprint density at radius 3 is 2.51 bits per heavy atom. The Balaban J connectivity index is 1.67. The van der Waals surface area contributed by atoms with Crippen LogP contribution in [0.5, 0.6) is 5.88 Å². The molecule has 1 fully saturated rings. The van der Waals surface area contributed by atoms with Gasteiger partial charge in [-0.3, -0.25) is 5.10 Å². The lowest BCUT2D eigenvalue weighted by Crippen LogP contribution is -2.60. The number of nitrogens with zero attached hydrogens (tertiary/aromatic N) is 2. The van der Waals surface area contributed by atoms with Crippen LogP contribution in [0.4, 0.5) is 4.79 Å². The number of aromatic nitrogens is 2. The number of aliphatic hydroxyl groups is 4. The van der Waals surface area contributed by atoms with Crippen molar-refractivity contribution in [3.8, 4) is 5.88 Å². The van der Waals surface area contributed by atoms with Crippen LogP contribution in [0.3, 0.4) is 0 Å². The summed E-state index contributed by atoms with van der Waals surface area (Å²) >= 11 is 0. The number of carbonyl (C=O) groups excluding carboxylic acids is 1. The Hall–Kier alpha value is -2.74. The van der Waals surface area contributed by atoms with Crippen LogP contribution in [-0.4, -0.2) is 113 Å². The molecule has 1 aliphatic rings. The number of hydrogen-bond acceptors (Lipinski definition) is 9. The quantitative estimate of drug-likeness (QED) is 0.193. The van der Waals surface area contributed by atoms with Crippen molar-refractivity contribution in [3.63, 3.8) is 0 Å². The normalized spacial score (nSPS) is 23.3. The average Bonchev–Trinajstić information content (AvgIpc) is 3.28. The van der Waals surface area contributed by atoms with Crippen molar-refractivity contribution in [2.45, 2.75) is 70.2 Å². The molecule has 1 saturated heterocycles. The standard InChI is InChI=1S/C27H43N5O7/c1-15(2)21-19(25(31-30-21)39-26-24(36)23(35)22(34)20(14-33)38-26)13-18-7-6-17(12-16(18)3)8-9-28-27(37)29-10-11-32(4)5/h6-7,12,15,20,22-24,26,33-36H,8-11,13-14H2,1-5H3,(H,30,31)(H2,28,29,37)/t20-,22-,23+,24-,26+/m1/s1. The Bertz CT molecular complexity index is 1070. The molecule has 0 saturated carbocycles. The lowest BCUT2D eigenvalue weighted by atomic mass is 9.95. The van der Waals surface area contributed by atoms with E-state index >= 15 is 0 Å². The molecule has 0 unspecified atom stereocenters. The lowest BCUT2D eigenvalue weighted by molar-refractivity contribution is -0.278. The highest BCUT2D eigenvalue weighted by molar-refractivity contribution is 5.73. The number of aliphatic hydroxyl groups excluding tert-OH is 4. The molecule has 1 aromatic carbocycles. The number of rotatable bonds is 12. The number of aromatic amines is 1. The zero-order chi connectivity index (χ0) is 28.7. The van der Waals surface area contributed by atoms with Crippen LogP contribution in [0, 0.1) is 6.92 Å². The third kappa shape index (κ3) is 8.13. The van der Waals surface area contributed by atoms with Gasteiger partial charge in [0.2, 0.25) is 12.2 Å². The number of carbonyl (C=O) groups is 1. The molecule has 5 atom stereocenters. The summed E-state index contributed by atoms with van der Waals surface area (Å²) in [6, 6.07) is 5.98. The van der Waals surface area contributed by atoms with Crippen LogP contribution in [-0.2, 0) is 17.6 Å².